The molecule has 3 aromatic rings. The Bertz CT molecular complexity index is 872. The number of fused-ring (bicyclic) bond motifs is 1. The minimum Gasteiger partial charge on any atom is -0.437 e. The Hall–Kier alpha value is -2.28. The van der Waals surface area contributed by atoms with Gasteiger partial charge >= 0.3 is 0 Å². The van der Waals surface area contributed by atoms with Gasteiger partial charge < -0.3 is 4.74 Å². The van der Waals surface area contributed by atoms with Gasteiger partial charge in [-0.3, -0.25) is 0 Å². The lowest BCUT2D eigenvalue weighted by molar-refractivity contribution is 0.465. The van der Waals surface area contributed by atoms with Gasteiger partial charge in [0.25, 0.3) is 0 Å². The summed E-state index contributed by atoms with van der Waals surface area (Å²) in [6.07, 6.45) is 0. The first-order chi connectivity index (χ1) is 10.2. The molecule has 3 rings (SSSR count). The predicted octanol–water partition coefficient (Wildman–Crippen LogP) is 5.21. The van der Waals surface area contributed by atoms with E-state index in [1.165, 1.54) is 0 Å². The van der Waals surface area contributed by atoms with Crippen molar-refractivity contribution >= 4 is 34.1 Å². The van der Waals surface area contributed by atoms with Crippen molar-refractivity contribution in [1.82, 2.24) is 4.98 Å². The summed E-state index contributed by atoms with van der Waals surface area (Å²) in [5, 5.41) is 10.9. The number of hydrogen-bond acceptors (Lipinski definition) is 3. The van der Waals surface area contributed by atoms with E-state index in [0.717, 1.165) is 5.39 Å². The Morgan fingerprint density at radius 1 is 1.05 bits per heavy atom. The first-order valence-electron chi connectivity index (χ1n) is 6.10. The molecule has 0 bridgehead atoms. The lowest BCUT2D eigenvalue weighted by atomic mass is 10.1. The lowest BCUT2D eigenvalue weighted by Gasteiger charge is -2.08. The van der Waals surface area contributed by atoms with E-state index in [4.69, 9.17) is 27.9 Å². The second-order valence-electron chi connectivity index (χ2n) is 4.31. The second kappa shape index (κ2) is 5.61. The van der Waals surface area contributed by atoms with Crippen LogP contribution in [0.25, 0.3) is 10.9 Å². The molecule has 21 heavy (non-hydrogen) atoms. The molecule has 0 fully saturated rings. The summed E-state index contributed by atoms with van der Waals surface area (Å²) in [7, 11) is 0. The molecular formula is C16H8Cl2N2O. The Labute approximate surface area is 131 Å². The number of pyridine rings is 1. The molecule has 0 atom stereocenters. The number of aromatic nitrogens is 1. The van der Waals surface area contributed by atoms with E-state index in [0.29, 0.717) is 32.8 Å². The molecule has 0 radical (unpaired) electrons. The maximum Gasteiger partial charge on any atom is 0.221 e. The summed E-state index contributed by atoms with van der Waals surface area (Å²) in [5.74, 6) is 0.752. The van der Waals surface area contributed by atoms with Gasteiger partial charge in [-0.2, -0.15) is 5.26 Å². The van der Waals surface area contributed by atoms with E-state index in [2.05, 4.69) is 11.1 Å². The molecule has 3 nitrogen and oxygen atoms in total. The van der Waals surface area contributed by atoms with Gasteiger partial charge in [0.1, 0.15) is 11.8 Å². The van der Waals surface area contributed by atoms with Crippen LogP contribution in [-0.2, 0) is 0 Å². The maximum absolute atomic E-state index is 9.24. The Balaban J connectivity index is 2.07. The maximum atomic E-state index is 9.24. The molecule has 0 saturated carbocycles. The third-order valence-corrected chi connectivity index (χ3v) is 3.45. The highest BCUT2D eigenvalue weighted by molar-refractivity contribution is 6.35. The van der Waals surface area contributed by atoms with E-state index < -0.39 is 0 Å². The van der Waals surface area contributed by atoms with Crippen LogP contribution in [0.1, 0.15) is 5.56 Å². The number of benzene rings is 2. The Morgan fingerprint density at radius 3 is 2.62 bits per heavy atom. The quantitative estimate of drug-likeness (QED) is 0.652. The topological polar surface area (TPSA) is 45.9 Å². The normalized spacial score (nSPS) is 10.3. The largest absolute Gasteiger partial charge is 0.437 e. The van der Waals surface area contributed by atoms with Crippen molar-refractivity contribution in [3.05, 3.63) is 64.1 Å². The van der Waals surface area contributed by atoms with Gasteiger partial charge in [0.15, 0.2) is 0 Å². The van der Waals surface area contributed by atoms with E-state index in [1.807, 2.05) is 24.3 Å². The average molecular weight is 315 g/mol. The summed E-state index contributed by atoms with van der Waals surface area (Å²) in [6, 6.07) is 16.1. The molecule has 0 amide bonds. The summed E-state index contributed by atoms with van der Waals surface area (Å²) < 4.78 is 5.66. The smallest absolute Gasteiger partial charge is 0.221 e. The predicted molar refractivity (Wildman–Crippen MR) is 83.0 cm³/mol. The molecule has 1 heterocycles. The van der Waals surface area contributed by atoms with Crippen molar-refractivity contribution in [2.24, 2.45) is 0 Å². The van der Waals surface area contributed by atoms with E-state index in [1.54, 1.807) is 24.3 Å². The molecule has 2 aromatic carbocycles. The third-order valence-electron chi connectivity index (χ3n) is 2.92. The molecule has 0 spiro atoms. The highest BCUT2D eigenvalue weighted by Crippen LogP contribution is 2.32. The molecule has 0 unspecified atom stereocenters. The van der Waals surface area contributed by atoms with Crippen molar-refractivity contribution < 1.29 is 4.74 Å². The molecule has 0 aliphatic rings. The van der Waals surface area contributed by atoms with Crippen molar-refractivity contribution in [3.8, 4) is 17.7 Å². The summed E-state index contributed by atoms with van der Waals surface area (Å²) >= 11 is 11.9. The number of para-hydroxylation sites is 1. The SMILES string of the molecule is N#Cc1cc(Oc2ccc(Cl)cc2Cl)nc2ccccc12. The van der Waals surface area contributed by atoms with Gasteiger partial charge in [-0.05, 0) is 24.3 Å². The fraction of sp³-hybridized carbons (Fsp3) is 0. The van der Waals surface area contributed by atoms with Crippen LogP contribution in [0.2, 0.25) is 10.0 Å². The van der Waals surface area contributed by atoms with Crippen LogP contribution in [0.3, 0.4) is 0 Å². The summed E-state index contributed by atoms with van der Waals surface area (Å²) in [4.78, 5) is 4.38. The number of hydrogen-bond donors (Lipinski definition) is 0. The van der Waals surface area contributed by atoms with Crippen LogP contribution in [-0.4, -0.2) is 4.98 Å². The van der Waals surface area contributed by atoms with Gasteiger partial charge in [0.2, 0.25) is 5.88 Å². The molecule has 1 aromatic heterocycles. The zero-order chi connectivity index (χ0) is 14.8. The summed E-state index contributed by atoms with van der Waals surface area (Å²) in [6.45, 7) is 0. The lowest BCUT2D eigenvalue weighted by Crippen LogP contribution is -1.92. The van der Waals surface area contributed by atoms with Crippen molar-refractivity contribution in [3.63, 3.8) is 0 Å². The van der Waals surface area contributed by atoms with Crippen molar-refractivity contribution in [2.75, 3.05) is 0 Å². The molecule has 5 heteroatoms. The number of halogens is 2. The Morgan fingerprint density at radius 2 is 1.86 bits per heavy atom. The fourth-order valence-corrected chi connectivity index (χ4v) is 2.41. The third kappa shape index (κ3) is 2.78. The molecule has 0 saturated heterocycles. The zero-order valence-electron chi connectivity index (χ0n) is 10.7. The van der Waals surface area contributed by atoms with Crippen LogP contribution in [0.4, 0.5) is 0 Å². The van der Waals surface area contributed by atoms with Gasteiger partial charge in [0.05, 0.1) is 16.1 Å². The first-order valence-corrected chi connectivity index (χ1v) is 6.86. The number of rotatable bonds is 2. The van der Waals surface area contributed by atoms with Crippen LogP contribution < -0.4 is 4.74 Å². The molecule has 0 aliphatic heterocycles. The average Bonchev–Trinajstić information content (AvgIpc) is 2.49. The number of nitriles is 1. The standard InChI is InChI=1S/C16H8Cl2N2O/c17-11-5-6-15(13(18)8-11)21-16-7-10(9-19)12-3-1-2-4-14(12)20-16/h1-8H. The fourth-order valence-electron chi connectivity index (χ4n) is 1.97. The van der Waals surface area contributed by atoms with E-state index in [9.17, 15) is 5.26 Å². The monoisotopic (exact) mass is 314 g/mol. The van der Waals surface area contributed by atoms with Gasteiger partial charge in [-0.1, -0.05) is 41.4 Å². The minimum atomic E-state index is 0.314. The molecular weight excluding hydrogens is 307 g/mol. The van der Waals surface area contributed by atoms with Crippen LogP contribution in [0.5, 0.6) is 11.6 Å². The van der Waals surface area contributed by atoms with Crippen LogP contribution in [0, 0.1) is 11.3 Å². The van der Waals surface area contributed by atoms with Gasteiger partial charge in [0, 0.05) is 16.5 Å². The van der Waals surface area contributed by atoms with E-state index in [-0.39, 0.29) is 0 Å². The number of nitrogens with zero attached hydrogens (tertiary/aromatic N) is 2. The molecule has 0 aliphatic carbocycles. The van der Waals surface area contributed by atoms with Gasteiger partial charge in [-0.25, -0.2) is 4.98 Å². The van der Waals surface area contributed by atoms with Crippen LogP contribution >= 0.6 is 23.2 Å². The first kappa shape index (κ1) is 13.7. The van der Waals surface area contributed by atoms with Gasteiger partial charge in [-0.15, -0.1) is 0 Å². The van der Waals surface area contributed by atoms with Crippen LogP contribution in [0.15, 0.2) is 48.5 Å². The highest BCUT2D eigenvalue weighted by Gasteiger charge is 2.09. The zero-order valence-corrected chi connectivity index (χ0v) is 12.2. The second-order valence-corrected chi connectivity index (χ2v) is 5.16. The van der Waals surface area contributed by atoms with E-state index >= 15 is 0 Å². The van der Waals surface area contributed by atoms with Crippen molar-refractivity contribution in [1.29, 1.82) is 5.26 Å². The summed E-state index contributed by atoms with van der Waals surface area (Å²) in [5.41, 5.74) is 1.19. The molecule has 102 valence electrons. The van der Waals surface area contributed by atoms with Crippen molar-refractivity contribution in [2.45, 2.75) is 0 Å². The minimum absolute atomic E-state index is 0.314. The molecule has 0 N–H and O–H groups in total. The number of ether oxygens (including phenoxy) is 1. The Kier molecular flexibility index (Phi) is 3.66. The highest BCUT2D eigenvalue weighted by atomic mass is 35.5.